The van der Waals surface area contributed by atoms with Crippen molar-refractivity contribution in [1.82, 2.24) is 20.1 Å². The van der Waals surface area contributed by atoms with Gasteiger partial charge in [0.1, 0.15) is 0 Å². The number of H-pyrrole nitrogens is 1. The van der Waals surface area contributed by atoms with Gasteiger partial charge in [-0.15, -0.1) is 5.10 Å². The summed E-state index contributed by atoms with van der Waals surface area (Å²) in [4.78, 5) is 9.19. The minimum absolute atomic E-state index is 0.303. The van der Waals surface area contributed by atoms with Crippen LogP contribution in [-0.4, -0.2) is 76.5 Å². The van der Waals surface area contributed by atoms with Crippen molar-refractivity contribution in [2.75, 3.05) is 48.9 Å². The zero-order valence-electron chi connectivity index (χ0n) is 16.8. The summed E-state index contributed by atoms with van der Waals surface area (Å²) in [5.74, 6) is 2.12. The molecule has 0 radical (unpaired) electrons. The topological polar surface area (TPSA) is 83.3 Å². The number of hydrogen-bond donors (Lipinski definition) is 2. The fourth-order valence-corrected chi connectivity index (χ4v) is 5.09. The lowest BCUT2D eigenvalue weighted by molar-refractivity contribution is -0.0726. The first-order valence-corrected chi connectivity index (χ1v) is 11.9. The maximum absolute atomic E-state index is 6.20. The Hall–Kier alpha value is -1.48. The fraction of sp³-hybridized carbons (Fsp3) is 0.600. The molecule has 29 heavy (non-hydrogen) atoms. The van der Waals surface area contributed by atoms with Gasteiger partial charge in [0, 0.05) is 42.5 Å². The summed E-state index contributed by atoms with van der Waals surface area (Å²) in [5.41, 5.74) is 7.00. The normalized spacial score (nSPS) is 24.1. The summed E-state index contributed by atoms with van der Waals surface area (Å²) in [6, 6.07) is 9.15. The van der Waals surface area contributed by atoms with Crippen molar-refractivity contribution in [1.29, 1.82) is 0 Å². The van der Waals surface area contributed by atoms with Crippen LogP contribution in [0.4, 0.5) is 11.9 Å². The van der Waals surface area contributed by atoms with Gasteiger partial charge in [-0.1, -0.05) is 23.7 Å². The lowest BCUT2D eigenvalue weighted by Crippen LogP contribution is -2.57. The summed E-state index contributed by atoms with van der Waals surface area (Å²) < 4.78 is 6.20. The molecule has 0 unspecified atom stereocenters. The van der Waals surface area contributed by atoms with Gasteiger partial charge in [-0.2, -0.15) is 16.7 Å². The second-order valence-electron chi connectivity index (χ2n) is 7.83. The molecule has 2 fully saturated rings. The number of nitrogens with zero attached hydrogens (tertiary/aromatic N) is 4. The average molecular weight is 437 g/mol. The number of hydrogen-bond acceptors (Lipinski definition) is 7. The van der Waals surface area contributed by atoms with Crippen molar-refractivity contribution >= 4 is 35.3 Å². The highest BCUT2D eigenvalue weighted by Gasteiger charge is 2.35. The van der Waals surface area contributed by atoms with E-state index in [0.717, 1.165) is 56.3 Å². The minimum Gasteiger partial charge on any atom is -0.374 e. The van der Waals surface area contributed by atoms with E-state index in [1.54, 1.807) is 0 Å². The molecule has 2 atom stereocenters. The number of nitrogen functional groups attached to an aromatic ring is 1. The summed E-state index contributed by atoms with van der Waals surface area (Å²) >= 11 is 7.92. The molecular formula is C20H29ClN6OS. The molecule has 7 nitrogen and oxygen atoms in total. The highest BCUT2D eigenvalue weighted by atomic mass is 35.5. The van der Waals surface area contributed by atoms with Gasteiger partial charge in [0.15, 0.2) is 0 Å². The van der Waals surface area contributed by atoms with Crippen LogP contribution in [0.5, 0.6) is 0 Å². The summed E-state index contributed by atoms with van der Waals surface area (Å²) in [6.07, 6.45) is 5.63. The number of rotatable bonds is 6. The van der Waals surface area contributed by atoms with Crippen molar-refractivity contribution in [3.05, 3.63) is 34.9 Å². The van der Waals surface area contributed by atoms with Crippen molar-refractivity contribution in [3.8, 4) is 0 Å². The Morgan fingerprint density at radius 2 is 2.03 bits per heavy atom. The third-order valence-corrected chi connectivity index (χ3v) is 6.81. The Bertz CT molecular complexity index is 780. The Labute approximate surface area is 181 Å². The van der Waals surface area contributed by atoms with Gasteiger partial charge in [0.05, 0.1) is 12.7 Å². The van der Waals surface area contributed by atoms with Gasteiger partial charge >= 0.3 is 0 Å². The minimum atomic E-state index is 0.303. The molecule has 158 valence electrons. The molecule has 0 amide bonds. The zero-order valence-corrected chi connectivity index (χ0v) is 18.3. The molecule has 0 saturated carbocycles. The number of aromatic amines is 1. The number of piperidine rings is 1. The van der Waals surface area contributed by atoms with Crippen molar-refractivity contribution in [3.63, 3.8) is 0 Å². The number of halogens is 1. The maximum Gasteiger partial charge on any atom is 0.246 e. The van der Waals surface area contributed by atoms with Gasteiger partial charge < -0.3 is 15.4 Å². The van der Waals surface area contributed by atoms with E-state index >= 15 is 0 Å². The molecule has 3 heterocycles. The quantitative estimate of drug-likeness (QED) is 0.720. The molecule has 2 aromatic rings. The van der Waals surface area contributed by atoms with E-state index in [4.69, 9.17) is 22.1 Å². The van der Waals surface area contributed by atoms with E-state index in [-0.39, 0.29) is 0 Å². The van der Waals surface area contributed by atoms with E-state index in [0.29, 0.717) is 30.1 Å². The number of thioether (sulfide) groups is 1. The number of benzene rings is 1. The smallest absolute Gasteiger partial charge is 0.246 e. The first-order valence-electron chi connectivity index (χ1n) is 10.2. The van der Waals surface area contributed by atoms with Crippen LogP contribution in [0.2, 0.25) is 5.02 Å². The maximum atomic E-state index is 6.20. The number of anilines is 2. The van der Waals surface area contributed by atoms with Crippen LogP contribution in [0.25, 0.3) is 0 Å². The Balaban J connectivity index is 1.42. The number of ether oxygens (including phenoxy) is 1. The first kappa shape index (κ1) is 20.8. The van der Waals surface area contributed by atoms with Crippen LogP contribution in [0.3, 0.4) is 0 Å². The largest absolute Gasteiger partial charge is 0.374 e. The molecule has 0 bridgehead atoms. The zero-order chi connectivity index (χ0) is 20.2. The summed E-state index contributed by atoms with van der Waals surface area (Å²) in [5, 5.41) is 7.73. The van der Waals surface area contributed by atoms with Crippen molar-refractivity contribution in [2.24, 2.45) is 0 Å². The van der Waals surface area contributed by atoms with Crippen LogP contribution in [0.15, 0.2) is 24.3 Å². The lowest BCUT2D eigenvalue weighted by Gasteiger charge is -2.46. The molecule has 1 aromatic heterocycles. The first-order chi connectivity index (χ1) is 14.1. The molecule has 0 spiro atoms. The second kappa shape index (κ2) is 9.55. The molecule has 3 N–H and O–H groups in total. The second-order valence-corrected chi connectivity index (χ2v) is 9.18. The molecule has 9 heteroatoms. The van der Waals surface area contributed by atoms with Crippen LogP contribution in [0, 0.1) is 0 Å². The molecule has 1 aromatic carbocycles. The van der Waals surface area contributed by atoms with E-state index < -0.39 is 0 Å². The highest BCUT2D eigenvalue weighted by molar-refractivity contribution is 7.98. The molecule has 2 aliphatic heterocycles. The standard InChI is InChI=1S/C20H29ClN6OS/c1-29-13-18-11-27(17(12-28-18)10-14-2-4-15(21)5-3-14)16-6-8-26(9-7-16)20-23-19(22)24-25-20/h2-5,16-18H,6-13H2,1H3,(H3,22,23,24,25)/t17-,18+/m0/s1. The molecule has 2 saturated heterocycles. The predicted molar refractivity (Wildman–Crippen MR) is 120 cm³/mol. The van der Waals surface area contributed by atoms with E-state index in [1.165, 1.54) is 5.56 Å². The van der Waals surface area contributed by atoms with Gasteiger partial charge in [0.2, 0.25) is 11.9 Å². The van der Waals surface area contributed by atoms with E-state index in [9.17, 15) is 0 Å². The lowest BCUT2D eigenvalue weighted by atomic mass is 9.96. The number of nitrogens with one attached hydrogen (secondary N) is 1. The third-order valence-electron chi connectivity index (χ3n) is 5.85. The fourth-order valence-electron chi connectivity index (χ4n) is 4.39. The average Bonchev–Trinajstić information content (AvgIpc) is 3.17. The van der Waals surface area contributed by atoms with Crippen LogP contribution in [-0.2, 0) is 11.2 Å². The molecule has 0 aliphatic carbocycles. The van der Waals surface area contributed by atoms with Gasteiger partial charge in [-0.05, 0) is 43.2 Å². The molecule has 2 aliphatic rings. The number of aromatic nitrogens is 3. The van der Waals surface area contributed by atoms with Crippen molar-refractivity contribution < 1.29 is 4.74 Å². The van der Waals surface area contributed by atoms with Gasteiger partial charge in [0.25, 0.3) is 0 Å². The highest BCUT2D eigenvalue weighted by Crippen LogP contribution is 2.27. The summed E-state index contributed by atoms with van der Waals surface area (Å²) in [6.45, 7) is 3.67. The predicted octanol–water partition coefficient (Wildman–Crippen LogP) is 2.68. The monoisotopic (exact) mass is 436 g/mol. The van der Waals surface area contributed by atoms with Gasteiger partial charge in [-0.3, -0.25) is 4.90 Å². The van der Waals surface area contributed by atoms with Crippen LogP contribution >= 0.6 is 23.4 Å². The Kier molecular flexibility index (Phi) is 6.85. The number of nitrogens with two attached hydrogens (primary N) is 1. The third kappa shape index (κ3) is 5.17. The Morgan fingerprint density at radius 1 is 1.28 bits per heavy atom. The van der Waals surface area contributed by atoms with Crippen LogP contribution < -0.4 is 10.6 Å². The van der Waals surface area contributed by atoms with Crippen LogP contribution in [0.1, 0.15) is 18.4 Å². The Morgan fingerprint density at radius 3 is 2.69 bits per heavy atom. The van der Waals surface area contributed by atoms with E-state index in [2.05, 4.69) is 43.4 Å². The SMILES string of the molecule is CSC[C@H]1CN(C2CCN(c3n[nH]c(N)n3)CC2)[C@@H](Cc2ccc(Cl)cc2)CO1. The molecular weight excluding hydrogens is 408 g/mol. The molecule has 4 rings (SSSR count). The number of morpholine rings is 1. The van der Waals surface area contributed by atoms with E-state index in [1.807, 2.05) is 23.9 Å². The summed E-state index contributed by atoms with van der Waals surface area (Å²) in [7, 11) is 0. The van der Waals surface area contributed by atoms with Crippen molar-refractivity contribution in [2.45, 2.75) is 37.5 Å². The van der Waals surface area contributed by atoms with Gasteiger partial charge in [-0.25, -0.2) is 5.10 Å².